The van der Waals surface area contributed by atoms with Crippen molar-refractivity contribution in [1.82, 2.24) is 14.6 Å². The summed E-state index contributed by atoms with van der Waals surface area (Å²) in [4.78, 5) is 62.0. The average Bonchev–Trinajstić information content (AvgIpc) is 3.80. The number of Topliss-reactive ketones (excluding diaryl/α,β-unsaturated/α-hetero) is 1. The minimum atomic E-state index is -4.40. The molecule has 1 N–H and O–H groups in total. The fourth-order valence-corrected chi connectivity index (χ4v) is 9.38. The Morgan fingerprint density at radius 2 is 1.81 bits per heavy atom. The van der Waals surface area contributed by atoms with Crippen molar-refractivity contribution >= 4 is 44.6 Å². The number of esters is 1. The fraction of sp³-hybridized carbons (Fsp3) is 0.667. The van der Waals surface area contributed by atoms with Crippen LogP contribution in [-0.2, 0) is 38.4 Å². The van der Waals surface area contributed by atoms with Gasteiger partial charge in [-0.2, -0.15) is 8.42 Å². The van der Waals surface area contributed by atoms with Crippen LogP contribution in [0.2, 0.25) is 0 Å². The molecule has 14 heteroatoms. The Kier molecular flexibility index (Phi) is 10.9. The van der Waals surface area contributed by atoms with Crippen LogP contribution in [0.3, 0.4) is 0 Å². The van der Waals surface area contributed by atoms with E-state index in [1.165, 1.54) is 4.90 Å². The molecule has 290 valence electrons. The van der Waals surface area contributed by atoms with Crippen LogP contribution in [0.5, 0.6) is 11.6 Å². The van der Waals surface area contributed by atoms with Crippen molar-refractivity contribution in [3.05, 3.63) is 30.5 Å². The van der Waals surface area contributed by atoms with E-state index in [1.54, 1.807) is 47.1 Å². The monoisotopic (exact) mass is 755 g/mol. The summed E-state index contributed by atoms with van der Waals surface area (Å²) in [5.74, 6) is -1.88. The lowest BCUT2D eigenvalue weighted by Crippen LogP contribution is -2.47. The molecule has 4 aliphatic rings. The molecular formula is C39H53N3O10S. The van der Waals surface area contributed by atoms with Gasteiger partial charge in [0.15, 0.2) is 5.78 Å². The van der Waals surface area contributed by atoms with E-state index < -0.39 is 56.9 Å². The molecule has 3 aliphatic carbocycles. The minimum absolute atomic E-state index is 0.0518. The van der Waals surface area contributed by atoms with Crippen LogP contribution in [0.25, 0.3) is 10.8 Å². The number of pyridine rings is 1. The molecule has 2 heterocycles. The highest BCUT2D eigenvalue weighted by molar-refractivity contribution is 7.85. The highest BCUT2D eigenvalue weighted by Crippen LogP contribution is 2.58. The number of methoxy groups -OCH3 is 1. The molecule has 5 atom stereocenters. The smallest absolute Gasteiger partial charge is 0.362 e. The van der Waals surface area contributed by atoms with Crippen LogP contribution in [0.4, 0.5) is 0 Å². The molecule has 4 fully saturated rings. The third kappa shape index (κ3) is 8.96. The van der Waals surface area contributed by atoms with Gasteiger partial charge in [-0.1, -0.05) is 26.2 Å². The number of ketones is 1. The van der Waals surface area contributed by atoms with E-state index in [0.717, 1.165) is 36.5 Å². The molecule has 0 bridgehead atoms. The van der Waals surface area contributed by atoms with E-state index in [0.29, 0.717) is 37.3 Å². The van der Waals surface area contributed by atoms with Crippen LogP contribution in [0, 0.1) is 23.2 Å². The summed E-state index contributed by atoms with van der Waals surface area (Å²) in [5, 5.41) is 1.58. The molecule has 1 aromatic heterocycles. The molecule has 2 amide bonds. The van der Waals surface area contributed by atoms with Crippen molar-refractivity contribution in [2.75, 3.05) is 13.7 Å². The number of hydrogen-bond donors (Lipinski definition) is 1. The number of nitrogens with zero attached hydrogens (tertiary/aromatic N) is 2. The first-order valence-electron chi connectivity index (χ1n) is 18.9. The number of aromatic nitrogens is 1. The Morgan fingerprint density at radius 3 is 2.43 bits per heavy atom. The largest absolute Gasteiger partial charge is 0.497 e. The molecule has 13 nitrogen and oxygen atoms in total. The maximum atomic E-state index is 14.7. The van der Waals surface area contributed by atoms with Crippen molar-refractivity contribution in [2.24, 2.45) is 23.2 Å². The first-order valence-corrected chi connectivity index (χ1v) is 20.3. The lowest BCUT2D eigenvalue weighted by Gasteiger charge is -2.31. The number of hydrogen-bond acceptors (Lipinski definition) is 11. The number of carbonyl (C=O) groups excluding carboxylic acids is 4. The quantitative estimate of drug-likeness (QED) is 0.230. The SMILES string of the molecule is CC[C@@H]1C[C@]1(CC(=O)[C@@H]1C[C@@H](Oc2nccc3cc(OC)ccc23)CN1C(=O)[C@@H](CC(=O)OC(C)(C)C)C1CCCC1)C(=O)NS(=O)(=O)OC1(C)CC1. The maximum absolute atomic E-state index is 14.7. The van der Waals surface area contributed by atoms with Crippen molar-refractivity contribution in [3.63, 3.8) is 0 Å². The summed E-state index contributed by atoms with van der Waals surface area (Å²) >= 11 is 0. The van der Waals surface area contributed by atoms with Gasteiger partial charge < -0.3 is 19.1 Å². The molecule has 0 spiro atoms. The molecule has 53 heavy (non-hydrogen) atoms. The van der Waals surface area contributed by atoms with Crippen molar-refractivity contribution < 1.29 is 46.0 Å². The molecule has 0 unspecified atom stereocenters. The van der Waals surface area contributed by atoms with Crippen molar-refractivity contribution in [3.8, 4) is 11.6 Å². The zero-order valence-electron chi connectivity index (χ0n) is 31.6. The number of ether oxygens (including phenoxy) is 3. The van der Waals surface area contributed by atoms with Crippen LogP contribution in [0.1, 0.15) is 105 Å². The van der Waals surface area contributed by atoms with Crippen LogP contribution < -0.4 is 14.2 Å². The summed E-state index contributed by atoms with van der Waals surface area (Å²) in [5.41, 5.74) is -2.81. The molecule has 1 saturated heterocycles. The number of nitrogens with one attached hydrogen (secondary N) is 1. The van der Waals surface area contributed by atoms with Gasteiger partial charge in [0.25, 0.3) is 0 Å². The number of rotatable bonds is 15. The standard InChI is InChI=1S/C39H53N3O10S/c1-7-26-21-39(26,36(46)41-53(47,48)52-38(5)15-16-38)22-32(43)31-19-28(50-34-29-13-12-27(49-6)18-25(29)14-17-40-34)23-42(31)35(45)30(24-10-8-9-11-24)20-33(44)51-37(2,3)4/h12-14,17-18,24,26,28,30-31H,7-11,15-16,19-23H2,1-6H3,(H,41,46)/t26-,28-,30+,31+,39-/m1/s1. The second-order valence-corrected chi connectivity index (χ2v) is 17.9. The van der Waals surface area contributed by atoms with Gasteiger partial charge in [0.05, 0.1) is 43.1 Å². The lowest BCUT2D eigenvalue weighted by atomic mass is 9.86. The summed E-state index contributed by atoms with van der Waals surface area (Å²) in [6, 6.07) is 6.38. The minimum Gasteiger partial charge on any atom is -0.497 e. The number of likely N-dealkylation sites (tertiary alicyclic amines) is 1. The van der Waals surface area contributed by atoms with Crippen LogP contribution >= 0.6 is 0 Å². The maximum Gasteiger partial charge on any atom is 0.362 e. The number of benzene rings is 1. The Balaban J connectivity index is 1.28. The van der Waals surface area contributed by atoms with Crippen molar-refractivity contribution in [1.29, 1.82) is 0 Å². The third-order valence-corrected chi connectivity index (χ3v) is 12.4. The van der Waals surface area contributed by atoms with Crippen molar-refractivity contribution in [2.45, 2.75) is 129 Å². The fourth-order valence-electron chi connectivity index (χ4n) is 8.21. The average molecular weight is 756 g/mol. The van der Waals surface area contributed by atoms with E-state index >= 15 is 0 Å². The highest BCUT2D eigenvalue weighted by atomic mass is 32.2. The molecule has 0 radical (unpaired) electrons. The third-order valence-electron chi connectivity index (χ3n) is 11.4. The van der Waals surface area contributed by atoms with E-state index in [2.05, 4.69) is 9.71 Å². The first kappa shape index (κ1) is 38.9. The Bertz CT molecular complexity index is 1850. The summed E-state index contributed by atoms with van der Waals surface area (Å²) in [7, 11) is -2.81. The van der Waals surface area contributed by atoms with E-state index in [-0.39, 0.29) is 49.3 Å². The Hall–Kier alpha value is -3.78. The number of fused-ring (bicyclic) bond motifs is 1. The molecule has 2 aromatic rings. The first-order chi connectivity index (χ1) is 24.9. The van der Waals surface area contributed by atoms with Crippen LogP contribution in [0.15, 0.2) is 30.5 Å². The van der Waals surface area contributed by atoms with Gasteiger partial charge in [-0.15, -0.1) is 0 Å². The van der Waals surface area contributed by atoms with Gasteiger partial charge in [0.1, 0.15) is 17.5 Å². The van der Waals surface area contributed by atoms with Crippen LogP contribution in [-0.4, -0.2) is 78.9 Å². The summed E-state index contributed by atoms with van der Waals surface area (Å²) < 4.78 is 50.4. The molecule has 6 rings (SSSR count). The Morgan fingerprint density at radius 1 is 1.09 bits per heavy atom. The van der Waals surface area contributed by atoms with Gasteiger partial charge >= 0.3 is 16.3 Å². The van der Waals surface area contributed by atoms with E-state index in [9.17, 15) is 27.6 Å². The Labute approximate surface area is 312 Å². The number of carbonyl (C=O) groups is 4. The van der Waals surface area contributed by atoms with Gasteiger partial charge in [-0.3, -0.25) is 19.2 Å². The van der Waals surface area contributed by atoms with E-state index in [1.807, 2.05) is 25.1 Å². The summed E-state index contributed by atoms with van der Waals surface area (Å²) in [6.07, 6.45) is 6.24. The zero-order chi connectivity index (χ0) is 38.3. The van der Waals surface area contributed by atoms with E-state index in [4.69, 9.17) is 18.4 Å². The molecule has 1 aliphatic heterocycles. The predicted octanol–water partition coefficient (Wildman–Crippen LogP) is 5.44. The highest BCUT2D eigenvalue weighted by Gasteiger charge is 2.62. The second kappa shape index (κ2) is 14.8. The lowest BCUT2D eigenvalue weighted by molar-refractivity contribution is -0.160. The summed E-state index contributed by atoms with van der Waals surface area (Å²) in [6.45, 7) is 8.97. The molecule has 3 saturated carbocycles. The van der Waals surface area contributed by atoms with Gasteiger partial charge in [0, 0.05) is 24.4 Å². The van der Waals surface area contributed by atoms with Gasteiger partial charge in [0.2, 0.25) is 17.7 Å². The molecule has 1 aromatic carbocycles. The predicted molar refractivity (Wildman–Crippen MR) is 195 cm³/mol. The number of amides is 2. The zero-order valence-corrected chi connectivity index (χ0v) is 32.5. The van der Waals surface area contributed by atoms with Gasteiger partial charge in [-0.25, -0.2) is 13.9 Å². The molecular weight excluding hydrogens is 703 g/mol. The van der Waals surface area contributed by atoms with Gasteiger partial charge in [-0.05, 0) is 101 Å². The topological polar surface area (TPSA) is 168 Å². The normalized spacial score (nSPS) is 25.8. The second-order valence-electron chi connectivity index (χ2n) is 16.7.